The van der Waals surface area contributed by atoms with Gasteiger partial charge in [-0.2, -0.15) is 0 Å². The van der Waals surface area contributed by atoms with Crippen molar-refractivity contribution in [2.45, 2.75) is 69.1 Å². The molecule has 0 unspecified atom stereocenters. The number of thioether (sulfide) groups is 1. The maximum absolute atomic E-state index is 12.3. The van der Waals surface area contributed by atoms with Crippen LogP contribution >= 0.6 is 11.8 Å². The summed E-state index contributed by atoms with van der Waals surface area (Å²) >= 11 is 1.52. The molecule has 0 saturated carbocycles. The number of esters is 1. The average Bonchev–Trinajstić information content (AvgIpc) is 2.88. The van der Waals surface area contributed by atoms with Crippen LogP contribution in [0.2, 0.25) is 0 Å². The highest BCUT2D eigenvalue weighted by molar-refractivity contribution is 8.00. The Morgan fingerprint density at radius 1 is 0.794 bits per heavy atom. The van der Waals surface area contributed by atoms with E-state index in [9.17, 15) is 4.79 Å². The molecule has 34 heavy (non-hydrogen) atoms. The predicted octanol–water partition coefficient (Wildman–Crippen LogP) is 8.32. The van der Waals surface area contributed by atoms with E-state index in [1.807, 2.05) is 49.4 Å². The fraction of sp³-hybridized carbons (Fsp3) is 0.367. The SMILES string of the molecule is CCCCCCCCOc1ccc(-c2ccc(S[C@H](C)C(=O)OCc3ccccc3)cc2)cc1. The lowest BCUT2D eigenvalue weighted by Crippen LogP contribution is -2.16. The number of carbonyl (C=O) groups is 1. The monoisotopic (exact) mass is 476 g/mol. The van der Waals surface area contributed by atoms with Gasteiger partial charge >= 0.3 is 5.97 Å². The summed E-state index contributed by atoms with van der Waals surface area (Å²) < 4.78 is 11.3. The van der Waals surface area contributed by atoms with Crippen molar-refractivity contribution in [1.29, 1.82) is 0 Å². The van der Waals surface area contributed by atoms with Gasteiger partial charge in [-0.05, 0) is 54.3 Å². The molecule has 0 radical (unpaired) electrons. The summed E-state index contributed by atoms with van der Waals surface area (Å²) in [6.07, 6.45) is 7.61. The maximum Gasteiger partial charge on any atom is 0.319 e. The van der Waals surface area contributed by atoms with E-state index in [0.29, 0.717) is 6.61 Å². The summed E-state index contributed by atoms with van der Waals surface area (Å²) in [5.41, 5.74) is 3.29. The summed E-state index contributed by atoms with van der Waals surface area (Å²) in [4.78, 5) is 13.4. The Labute approximate surface area is 208 Å². The smallest absolute Gasteiger partial charge is 0.319 e. The van der Waals surface area contributed by atoms with Gasteiger partial charge in [-0.1, -0.05) is 93.6 Å². The molecule has 3 nitrogen and oxygen atoms in total. The molecule has 3 aromatic rings. The van der Waals surface area contributed by atoms with E-state index in [2.05, 4.69) is 43.3 Å². The molecular formula is C30H36O3S. The Bertz CT molecular complexity index is 968. The van der Waals surface area contributed by atoms with Gasteiger partial charge in [-0.25, -0.2) is 0 Å². The highest BCUT2D eigenvalue weighted by atomic mass is 32.2. The Balaban J connectivity index is 1.42. The first-order valence-corrected chi connectivity index (χ1v) is 13.2. The molecule has 0 amide bonds. The second-order valence-electron chi connectivity index (χ2n) is 8.52. The van der Waals surface area contributed by atoms with E-state index >= 15 is 0 Å². The second-order valence-corrected chi connectivity index (χ2v) is 9.93. The van der Waals surface area contributed by atoms with Crippen molar-refractivity contribution in [2.75, 3.05) is 6.61 Å². The van der Waals surface area contributed by atoms with Gasteiger partial charge in [0.25, 0.3) is 0 Å². The van der Waals surface area contributed by atoms with E-state index in [4.69, 9.17) is 9.47 Å². The summed E-state index contributed by atoms with van der Waals surface area (Å²) in [6.45, 7) is 5.22. The van der Waals surface area contributed by atoms with Gasteiger partial charge in [0.05, 0.1) is 6.61 Å². The molecule has 0 N–H and O–H groups in total. The number of hydrogen-bond donors (Lipinski definition) is 0. The third kappa shape index (κ3) is 8.90. The van der Waals surface area contributed by atoms with E-state index in [-0.39, 0.29) is 11.2 Å². The average molecular weight is 477 g/mol. The Hall–Kier alpha value is -2.72. The first-order valence-electron chi connectivity index (χ1n) is 12.4. The molecule has 180 valence electrons. The lowest BCUT2D eigenvalue weighted by Gasteiger charge is -2.12. The van der Waals surface area contributed by atoms with Crippen molar-refractivity contribution in [2.24, 2.45) is 0 Å². The quantitative estimate of drug-likeness (QED) is 0.133. The number of benzene rings is 3. The Morgan fingerprint density at radius 3 is 2.09 bits per heavy atom. The van der Waals surface area contributed by atoms with Crippen molar-refractivity contribution in [3.8, 4) is 16.9 Å². The van der Waals surface area contributed by atoms with Crippen LogP contribution < -0.4 is 4.74 Å². The first-order chi connectivity index (χ1) is 16.7. The van der Waals surface area contributed by atoms with Crippen LogP contribution in [0.3, 0.4) is 0 Å². The van der Waals surface area contributed by atoms with Gasteiger partial charge < -0.3 is 9.47 Å². The number of unbranched alkanes of at least 4 members (excludes halogenated alkanes) is 5. The third-order valence-electron chi connectivity index (χ3n) is 5.68. The topological polar surface area (TPSA) is 35.5 Å². The number of rotatable bonds is 14. The first kappa shape index (κ1) is 25.9. The van der Waals surface area contributed by atoms with Crippen molar-refractivity contribution in [1.82, 2.24) is 0 Å². The molecule has 3 aromatic carbocycles. The molecule has 1 atom stereocenters. The lowest BCUT2D eigenvalue weighted by atomic mass is 10.1. The van der Waals surface area contributed by atoms with Crippen LogP contribution in [0.1, 0.15) is 57.9 Å². The minimum absolute atomic E-state index is 0.200. The van der Waals surface area contributed by atoms with E-state index in [1.165, 1.54) is 43.9 Å². The molecule has 0 heterocycles. The summed E-state index contributed by atoms with van der Waals surface area (Å²) in [5.74, 6) is 0.724. The van der Waals surface area contributed by atoms with Crippen molar-refractivity contribution in [3.63, 3.8) is 0 Å². The summed E-state index contributed by atoms with van der Waals surface area (Å²) in [5, 5.41) is -0.266. The van der Waals surface area contributed by atoms with Crippen molar-refractivity contribution < 1.29 is 14.3 Å². The minimum atomic E-state index is -0.266. The van der Waals surface area contributed by atoms with Crippen LogP contribution in [0.4, 0.5) is 0 Å². The Kier molecular flexibility index (Phi) is 11.1. The van der Waals surface area contributed by atoms with Crippen molar-refractivity contribution >= 4 is 17.7 Å². The summed E-state index contributed by atoms with van der Waals surface area (Å²) in [7, 11) is 0. The largest absolute Gasteiger partial charge is 0.494 e. The molecule has 0 saturated heterocycles. The molecule has 3 rings (SSSR count). The molecule has 0 spiro atoms. The number of ether oxygens (including phenoxy) is 2. The third-order valence-corrected chi connectivity index (χ3v) is 6.77. The molecule has 0 aliphatic heterocycles. The zero-order chi connectivity index (χ0) is 24.0. The van der Waals surface area contributed by atoms with Crippen LogP contribution in [0.5, 0.6) is 5.75 Å². The number of hydrogen-bond acceptors (Lipinski definition) is 4. The van der Waals surface area contributed by atoms with Crippen LogP contribution in [0, 0.1) is 0 Å². The standard InChI is InChI=1S/C30H36O3S/c1-3-4-5-6-7-11-22-32-28-18-14-26(15-19-28)27-16-20-29(21-17-27)34-24(2)30(31)33-23-25-12-9-8-10-13-25/h8-10,12-21,24H,3-7,11,22-23H2,1-2H3/t24-/m1/s1. The second kappa shape index (κ2) is 14.5. The van der Waals surface area contributed by atoms with Crippen LogP contribution in [-0.2, 0) is 16.1 Å². The van der Waals surface area contributed by atoms with Gasteiger partial charge in [-0.3, -0.25) is 4.79 Å². The van der Waals surface area contributed by atoms with E-state index in [1.54, 1.807) is 0 Å². The van der Waals surface area contributed by atoms with Crippen LogP contribution in [0.25, 0.3) is 11.1 Å². The van der Waals surface area contributed by atoms with Gasteiger partial charge in [-0.15, -0.1) is 11.8 Å². The minimum Gasteiger partial charge on any atom is -0.494 e. The van der Waals surface area contributed by atoms with E-state index in [0.717, 1.165) is 40.4 Å². The molecule has 0 aliphatic rings. The molecule has 4 heteroatoms. The zero-order valence-electron chi connectivity index (χ0n) is 20.4. The van der Waals surface area contributed by atoms with Crippen LogP contribution in [-0.4, -0.2) is 17.8 Å². The highest BCUT2D eigenvalue weighted by Crippen LogP contribution is 2.28. The highest BCUT2D eigenvalue weighted by Gasteiger charge is 2.16. The number of carbonyl (C=O) groups excluding carboxylic acids is 1. The molecule has 0 bridgehead atoms. The Morgan fingerprint density at radius 2 is 1.41 bits per heavy atom. The van der Waals surface area contributed by atoms with Gasteiger partial charge in [0.2, 0.25) is 0 Å². The summed E-state index contributed by atoms with van der Waals surface area (Å²) in [6, 6.07) is 26.3. The predicted molar refractivity (Wildman–Crippen MR) is 142 cm³/mol. The molecule has 0 fully saturated rings. The zero-order valence-corrected chi connectivity index (χ0v) is 21.2. The fourth-order valence-electron chi connectivity index (χ4n) is 3.64. The van der Waals surface area contributed by atoms with E-state index < -0.39 is 0 Å². The maximum atomic E-state index is 12.3. The van der Waals surface area contributed by atoms with Crippen LogP contribution in [0.15, 0.2) is 83.8 Å². The fourth-order valence-corrected chi connectivity index (χ4v) is 4.51. The van der Waals surface area contributed by atoms with Gasteiger partial charge in [0, 0.05) is 4.90 Å². The molecule has 0 aliphatic carbocycles. The van der Waals surface area contributed by atoms with Gasteiger partial charge in [0.1, 0.15) is 17.6 Å². The molecular weight excluding hydrogens is 440 g/mol. The normalized spacial score (nSPS) is 11.7. The lowest BCUT2D eigenvalue weighted by molar-refractivity contribution is -0.143. The van der Waals surface area contributed by atoms with Crippen molar-refractivity contribution in [3.05, 3.63) is 84.4 Å². The molecule has 0 aromatic heterocycles. The van der Waals surface area contributed by atoms with Gasteiger partial charge in [0.15, 0.2) is 0 Å².